The van der Waals surface area contributed by atoms with Gasteiger partial charge in [0.25, 0.3) is 0 Å². The van der Waals surface area contributed by atoms with E-state index in [2.05, 4.69) is 14.9 Å². The number of anilines is 1. The van der Waals surface area contributed by atoms with E-state index in [1.54, 1.807) is 11.0 Å². The van der Waals surface area contributed by atoms with Crippen molar-refractivity contribution >= 4 is 17.6 Å². The predicted octanol–water partition coefficient (Wildman–Crippen LogP) is 3.34. The maximum Gasteiger partial charge on any atom is 0.451 e. The molecular weight excluding hydrogens is 439 g/mol. The van der Waals surface area contributed by atoms with Crippen LogP contribution in [0, 0.1) is 0 Å². The highest BCUT2D eigenvalue weighted by molar-refractivity contribution is 6.21. The maximum absolute atomic E-state index is 13.0. The van der Waals surface area contributed by atoms with Gasteiger partial charge in [-0.05, 0) is 38.5 Å². The van der Waals surface area contributed by atoms with Crippen LogP contribution in [0.15, 0.2) is 18.3 Å². The average molecular weight is 463 g/mol. The molecule has 4 rings (SSSR count). The van der Waals surface area contributed by atoms with Crippen molar-refractivity contribution in [1.82, 2.24) is 19.8 Å². The highest BCUT2D eigenvalue weighted by atomic mass is 19.4. The minimum atomic E-state index is -4.75. The molecule has 1 amide bonds. The zero-order valence-corrected chi connectivity index (χ0v) is 18.5. The largest absolute Gasteiger partial charge is 0.451 e. The van der Waals surface area contributed by atoms with Crippen LogP contribution >= 0.6 is 0 Å². The van der Waals surface area contributed by atoms with Gasteiger partial charge in [-0.25, -0.2) is 14.8 Å². The minimum absolute atomic E-state index is 0.223. The Labute approximate surface area is 188 Å². The minimum Gasteiger partial charge on any atom is -0.444 e. The molecule has 2 heterocycles. The Bertz CT molecular complexity index is 1120. The van der Waals surface area contributed by atoms with Gasteiger partial charge in [0.1, 0.15) is 11.3 Å². The first kappa shape index (κ1) is 23.0. The first-order chi connectivity index (χ1) is 15.3. The molecule has 0 atom stereocenters. The van der Waals surface area contributed by atoms with Crippen molar-refractivity contribution in [2.75, 3.05) is 31.9 Å². The number of nitrogen functional groups attached to an aromatic ring is 1. The van der Waals surface area contributed by atoms with Gasteiger partial charge in [-0.2, -0.15) is 13.2 Å². The Morgan fingerprint density at radius 3 is 2.39 bits per heavy atom. The number of benzene rings is 1. The normalized spacial score (nSPS) is 16.5. The van der Waals surface area contributed by atoms with Crippen molar-refractivity contribution in [3.8, 4) is 11.1 Å². The van der Waals surface area contributed by atoms with Crippen molar-refractivity contribution in [1.29, 1.82) is 0 Å². The summed E-state index contributed by atoms with van der Waals surface area (Å²) in [5.74, 6) is -1.95. The Balaban J connectivity index is 1.56. The SMILES string of the molecule is CC(C)(C)OC(=O)N1CCN(Cc2cc(N)cc3c2-c2cnc(C(F)(F)F)nc2C3=O)CC1. The number of amides is 1. The lowest BCUT2D eigenvalue weighted by atomic mass is 9.99. The molecule has 1 aliphatic carbocycles. The number of rotatable bonds is 2. The molecule has 1 aliphatic heterocycles. The van der Waals surface area contributed by atoms with E-state index in [-0.39, 0.29) is 22.9 Å². The summed E-state index contributed by atoms with van der Waals surface area (Å²) in [7, 11) is 0. The molecule has 1 aromatic heterocycles. The van der Waals surface area contributed by atoms with Gasteiger partial charge in [0, 0.05) is 61.3 Å². The van der Waals surface area contributed by atoms with Gasteiger partial charge in [-0.3, -0.25) is 9.69 Å². The number of carbonyl (C=O) groups is 2. The quantitative estimate of drug-likeness (QED) is 0.582. The topological polar surface area (TPSA) is 102 Å². The number of fused-ring (bicyclic) bond motifs is 3. The van der Waals surface area contributed by atoms with E-state index in [9.17, 15) is 22.8 Å². The number of halogens is 3. The van der Waals surface area contributed by atoms with Gasteiger partial charge in [-0.1, -0.05) is 0 Å². The van der Waals surface area contributed by atoms with Crippen molar-refractivity contribution in [3.63, 3.8) is 0 Å². The zero-order valence-electron chi connectivity index (χ0n) is 18.5. The highest BCUT2D eigenvalue weighted by Gasteiger charge is 2.39. The molecule has 1 fully saturated rings. The first-order valence-corrected chi connectivity index (χ1v) is 10.5. The summed E-state index contributed by atoms with van der Waals surface area (Å²) in [6.45, 7) is 7.88. The second kappa shape index (κ2) is 7.98. The molecule has 1 aromatic carbocycles. The Morgan fingerprint density at radius 1 is 1.12 bits per heavy atom. The summed E-state index contributed by atoms with van der Waals surface area (Å²) in [6, 6.07) is 3.16. The van der Waals surface area contributed by atoms with E-state index in [0.717, 1.165) is 6.20 Å². The van der Waals surface area contributed by atoms with Crippen LogP contribution < -0.4 is 5.73 Å². The fourth-order valence-corrected chi connectivity index (χ4v) is 4.01. The molecular formula is C22H24F3N5O3. The van der Waals surface area contributed by atoms with E-state index < -0.39 is 23.4 Å². The first-order valence-electron chi connectivity index (χ1n) is 10.5. The van der Waals surface area contributed by atoms with Crippen LogP contribution in [0.2, 0.25) is 0 Å². The molecule has 0 unspecified atom stereocenters. The molecule has 1 saturated heterocycles. The van der Waals surface area contributed by atoms with Crippen molar-refractivity contribution in [3.05, 3.63) is 41.0 Å². The number of nitrogens with zero attached hydrogens (tertiary/aromatic N) is 4. The van der Waals surface area contributed by atoms with E-state index >= 15 is 0 Å². The van der Waals surface area contributed by atoms with E-state index in [4.69, 9.17) is 10.5 Å². The lowest BCUT2D eigenvalue weighted by molar-refractivity contribution is -0.145. The maximum atomic E-state index is 13.0. The summed E-state index contributed by atoms with van der Waals surface area (Å²) in [5, 5.41) is 0. The number of piperazine rings is 1. The standard InChI is InChI=1S/C22H24F3N5O3/c1-21(2,3)33-20(32)30-6-4-29(5-7-30)11-12-8-13(26)9-14-16(12)15-10-27-19(22(23,24)25)28-17(15)18(14)31/h8-10H,4-7,11,26H2,1-3H3. The molecule has 0 radical (unpaired) electrons. The number of hydrogen-bond donors (Lipinski definition) is 1. The van der Waals surface area contributed by atoms with Gasteiger partial charge in [-0.15, -0.1) is 0 Å². The van der Waals surface area contributed by atoms with Crippen LogP contribution in [-0.2, 0) is 17.5 Å². The number of carbonyl (C=O) groups excluding carboxylic acids is 2. The summed E-state index contributed by atoms with van der Waals surface area (Å²) in [5.41, 5.74) is 7.18. The van der Waals surface area contributed by atoms with Gasteiger partial charge >= 0.3 is 12.3 Å². The molecule has 176 valence electrons. The lowest BCUT2D eigenvalue weighted by Crippen LogP contribution is -2.49. The predicted molar refractivity (Wildman–Crippen MR) is 113 cm³/mol. The molecule has 2 aromatic rings. The third kappa shape index (κ3) is 4.63. The van der Waals surface area contributed by atoms with Crippen LogP contribution in [0.1, 0.15) is 48.2 Å². The molecule has 0 bridgehead atoms. The number of aromatic nitrogens is 2. The second-order valence-electron chi connectivity index (χ2n) is 9.13. The number of nitrogens with two attached hydrogens (primary N) is 1. The van der Waals surface area contributed by atoms with E-state index in [1.165, 1.54) is 6.07 Å². The van der Waals surface area contributed by atoms with Crippen molar-refractivity contribution in [2.45, 2.75) is 39.1 Å². The molecule has 8 nitrogen and oxygen atoms in total. The smallest absolute Gasteiger partial charge is 0.444 e. The van der Waals surface area contributed by atoms with Crippen molar-refractivity contribution in [2.24, 2.45) is 0 Å². The fraction of sp³-hybridized carbons (Fsp3) is 0.455. The number of ketones is 1. The van der Waals surface area contributed by atoms with Gasteiger partial charge < -0.3 is 15.4 Å². The third-order valence-corrected chi connectivity index (χ3v) is 5.43. The monoisotopic (exact) mass is 463 g/mol. The van der Waals surface area contributed by atoms with E-state index in [1.807, 2.05) is 20.8 Å². The van der Waals surface area contributed by atoms with Gasteiger partial charge in [0.15, 0.2) is 0 Å². The average Bonchev–Trinajstić information content (AvgIpc) is 2.98. The summed E-state index contributed by atoms with van der Waals surface area (Å²) < 4.78 is 44.5. The number of ether oxygens (including phenoxy) is 1. The van der Waals surface area contributed by atoms with E-state index in [0.29, 0.717) is 49.5 Å². The van der Waals surface area contributed by atoms with Crippen LogP contribution in [0.4, 0.5) is 23.7 Å². The van der Waals surface area contributed by atoms with Crippen molar-refractivity contribution < 1.29 is 27.5 Å². The zero-order chi connectivity index (χ0) is 24.1. The summed E-state index contributed by atoms with van der Waals surface area (Å²) >= 11 is 0. The highest BCUT2D eigenvalue weighted by Crippen LogP contribution is 2.40. The Morgan fingerprint density at radius 2 is 1.79 bits per heavy atom. The molecule has 33 heavy (non-hydrogen) atoms. The summed E-state index contributed by atoms with van der Waals surface area (Å²) in [4.78, 5) is 35.7. The number of hydrogen-bond acceptors (Lipinski definition) is 7. The summed E-state index contributed by atoms with van der Waals surface area (Å²) in [6.07, 6.45) is -4.07. The molecule has 0 spiro atoms. The molecule has 11 heteroatoms. The third-order valence-electron chi connectivity index (χ3n) is 5.43. The van der Waals surface area contributed by atoms with Crippen LogP contribution in [-0.4, -0.2) is 63.4 Å². The lowest BCUT2D eigenvalue weighted by Gasteiger charge is -2.35. The Kier molecular flexibility index (Phi) is 5.55. The van der Waals surface area contributed by atoms with Crippen LogP contribution in [0.3, 0.4) is 0 Å². The number of alkyl halides is 3. The molecule has 0 saturated carbocycles. The van der Waals surface area contributed by atoms with Crippen LogP contribution in [0.5, 0.6) is 0 Å². The molecule has 2 aliphatic rings. The molecule has 2 N–H and O–H groups in total. The van der Waals surface area contributed by atoms with Gasteiger partial charge in [0.05, 0.1) is 0 Å². The van der Waals surface area contributed by atoms with Crippen LogP contribution in [0.25, 0.3) is 11.1 Å². The Hall–Kier alpha value is -3.21. The second-order valence-corrected chi connectivity index (χ2v) is 9.13. The van der Waals surface area contributed by atoms with Gasteiger partial charge in [0.2, 0.25) is 11.6 Å². The fourth-order valence-electron chi connectivity index (χ4n) is 4.01.